The van der Waals surface area contributed by atoms with E-state index in [9.17, 15) is 15.3 Å². The van der Waals surface area contributed by atoms with Gasteiger partial charge in [-0.05, 0) is 35.9 Å². The number of allylic oxidation sites excluding steroid dienone is 2. The van der Waals surface area contributed by atoms with Gasteiger partial charge in [-0.25, -0.2) is 0 Å². The van der Waals surface area contributed by atoms with Crippen LogP contribution < -0.4 is 9.47 Å². The van der Waals surface area contributed by atoms with Gasteiger partial charge in [0.2, 0.25) is 5.52 Å². The van der Waals surface area contributed by atoms with Gasteiger partial charge in [0, 0.05) is 28.0 Å². The van der Waals surface area contributed by atoms with Crippen LogP contribution in [0.25, 0.3) is 17.0 Å². The lowest BCUT2D eigenvalue weighted by Gasteiger charge is -2.18. The molecule has 31 heavy (non-hydrogen) atoms. The lowest BCUT2D eigenvalue weighted by atomic mass is 10.1. The van der Waals surface area contributed by atoms with Crippen LogP contribution in [-0.2, 0) is 6.54 Å². The quantitative estimate of drug-likeness (QED) is 0.432. The van der Waals surface area contributed by atoms with Crippen molar-refractivity contribution >= 4 is 50.4 Å². The third-order valence-corrected chi connectivity index (χ3v) is 6.73. The van der Waals surface area contributed by atoms with Crippen molar-refractivity contribution in [1.82, 2.24) is 0 Å². The second-order valence-electron chi connectivity index (χ2n) is 7.23. The van der Waals surface area contributed by atoms with Crippen molar-refractivity contribution in [3.8, 4) is 0 Å². The fraction of sp³-hybridized carbons (Fsp3) is 0.208. The molecule has 1 unspecified atom stereocenters. The zero-order chi connectivity index (χ0) is 21.8. The molecule has 1 aromatic heterocycles. The van der Waals surface area contributed by atoms with E-state index in [1.807, 2.05) is 47.2 Å². The normalized spacial score (nSPS) is 15.9. The van der Waals surface area contributed by atoms with E-state index in [1.54, 1.807) is 11.8 Å². The van der Waals surface area contributed by atoms with Crippen LogP contribution in [0.1, 0.15) is 5.56 Å². The first-order chi connectivity index (χ1) is 15.1. The fourth-order valence-electron chi connectivity index (χ4n) is 3.66. The van der Waals surface area contributed by atoms with Crippen molar-refractivity contribution in [3.05, 3.63) is 81.9 Å². The molecule has 7 heteroatoms. The molecule has 160 valence electrons. The number of benzene rings is 2. The number of aliphatic hydroxyl groups is 3. The van der Waals surface area contributed by atoms with Crippen LogP contribution >= 0.6 is 27.7 Å². The molecule has 5 nitrogen and oxygen atoms in total. The molecule has 0 fully saturated rings. The summed E-state index contributed by atoms with van der Waals surface area (Å²) in [5.41, 5.74) is 3.17. The van der Waals surface area contributed by atoms with Gasteiger partial charge in [0.15, 0.2) is 12.7 Å². The van der Waals surface area contributed by atoms with Gasteiger partial charge < -0.3 is 20.2 Å². The zero-order valence-corrected chi connectivity index (χ0v) is 19.3. The van der Waals surface area contributed by atoms with Gasteiger partial charge in [-0.3, -0.25) is 0 Å². The first-order valence-corrected chi connectivity index (χ1v) is 11.7. The second kappa shape index (κ2) is 9.97. The molecule has 3 aromatic rings. The summed E-state index contributed by atoms with van der Waals surface area (Å²) in [6, 6.07) is 16.2. The Morgan fingerprint density at radius 1 is 1.13 bits per heavy atom. The average Bonchev–Trinajstić information content (AvgIpc) is 3.12. The minimum absolute atomic E-state index is 0.0799. The number of aromatic nitrogens is 1. The highest BCUT2D eigenvalue weighted by atomic mass is 79.9. The molecule has 1 aliphatic heterocycles. The molecule has 4 rings (SSSR count). The van der Waals surface area contributed by atoms with E-state index < -0.39 is 6.10 Å². The summed E-state index contributed by atoms with van der Waals surface area (Å²) in [4.78, 5) is 3.30. The number of rotatable bonds is 7. The highest BCUT2D eigenvalue weighted by Gasteiger charge is 2.24. The number of aliphatic hydroxyl groups excluding tert-OH is 3. The Labute approximate surface area is 194 Å². The van der Waals surface area contributed by atoms with Crippen LogP contribution in [0.3, 0.4) is 0 Å². The Hall–Kier alpha value is -2.16. The maximum absolute atomic E-state index is 9.84. The third kappa shape index (κ3) is 4.86. The number of β-amino-alcohol motifs (C(OH)–C–C–N with tert-alkyl or cyclic N) is 1. The van der Waals surface area contributed by atoms with Gasteiger partial charge in [0.25, 0.3) is 0 Å². The van der Waals surface area contributed by atoms with Gasteiger partial charge in [-0.15, -0.1) is 0 Å². The molecule has 0 radical (unpaired) electrons. The molecule has 0 saturated carbocycles. The fourth-order valence-corrected chi connectivity index (χ4v) is 5.09. The molecule has 0 bridgehead atoms. The van der Waals surface area contributed by atoms with Crippen molar-refractivity contribution in [2.45, 2.75) is 17.5 Å². The number of thioether (sulfide) groups is 1. The van der Waals surface area contributed by atoms with Crippen LogP contribution in [-0.4, -0.2) is 41.2 Å². The van der Waals surface area contributed by atoms with Crippen LogP contribution in [0.4, 0.5) is 5.69 Å². The largest absolute Gasteiger partial charge is 0.395 e. The summed E-state index contributed by atoms with van der Waals surface area (Å²) < 4.78 is 2.97. The average molecular weight is 500 g/mol. The number of para-hydroxylation sites is 1. The van der Waals surface area contributed by atoms with Crippen molar-refractivity contribution in [2.24, 2.45) is 0 Å². The van der Waals surface area contributed by atoms with Gasteiger partial charge >= 0.3 is 0 Å². The first kappa shape index (κ1) is 22.0. The van der Waals surface area contributed by atoms with Gasteiger partial charge in [0.1, 0.15) is 6.10 Å². The zero-order valence-electron chi connectivity index (χ0n) is 16.9. The molecule has 1 atom stereocenters. The standard InChI is InChI=1S/C24H24BrN2O3S/c25-18-8-9-23-22(14-18)27(12-13-28)24(31-23)7-3-4-17-10-11-26(15-19(30)16-29)21-6-2-1-5-20(17)21/h1-11,14,19,28-30H,12-13,15-16H2/q+1. The second-order valence-corrected chi connectivity index (χ2v) is 9.21. The van der Waals surface area contributed by atoms with Gasteiger partial charge in [-0.1, -0.05) is 52.0 Å². The van der Waals surface area contributed by atoms with E-state index in [0.717, 1.165) is 31.7 Å². The Morgan fingerprint density at radius 3 is 2.77 bits per heavy atom. The van der Waals surface area contributed by atoms with Crippen LogP contribution in [0.2, 0.25) is 0 Å². The number of pyridine rings is 1. The van der Waals surface area contributed by atoms with E-state index in [2.05, 4.69) is 51.2 Å². The minimum Gasteiger partial charge on any atom is -0.395 e. The number of halogens is 1. The highest BCUT2D eigenvalue weighted by molar-refractivity contribution is 9.10. The molecular weight excluding hydrogens is 476 g/mol. The van der Waals surface area contributed by atoms with E-state index in [4.69, 9.17) is 0 Å². The van der Waals surface area contributed by atoms with E-state index in [-0.39, 0.29) is 13.2 Å². The van der Waals surface area contributed by atoms with Crippen LogP contribution in [0.15, 0.2) is 81.3 Å². The summed E-state index contributed by atoms with van der Waals surface area (Å²) in [5, 5.41) is 30.7. The Balaban J connectivity index is 1.63. The summed E-state index contributed by atoms with van der Waals surface area (Å²) in [5.74, 6) is 0. The molecule has 0 aliphatic carbocycles. The predicted molar refractivity (Wildman–Crippen MR) is 129 cm³/mol. The van der Waals surface area contributed by atoms with E-state index >= 15 is 0 Å². The monoisotopic (exact) mass is 499 g/mol. The molecule has 2 heterocycles. The summed E-state index contributed by atoms with van der Waals surface area (Å²) in [6.45, 7) is 0.692. The van der Waals surface area contributed by atoms with Crippen LogP contribution in [0, 0.1) is 0 Å². The number of anilines is 1. The number of hydrogen-bond acceptors (Lipinski definition) is 5. The van der Waals surface area contributed by atoms with Crippen molar-refractivity contribution < 1.29 is 19.9 Å². The Morgan fingerprint density at radius 2 is 1.97 bits per heavy atom. The lowest BCUT2D eigenvalue weighted by Crippen LogP contribution is -2.41. The summed E-state index contributed by atoms with van der Waals surface area (Å²) in [6.07, 6.45) is 7.31. The van der Waals surface area contributed by atoms with Crippen molar-refractivity contribution in [3.63, 3.8) is 0 Å². The molecule has 3 N–H and O–H groups in total. The van der Waals surface area contributed by atoms with Crippen molar-refractivity contribution in [1.29, 1.82) is 0 Å². The smallest absolute Gasteiger partial charge is 0.213 e. The third-order valence-electron chi connectivity index (χ3n) is 5.11. The molecular formula is C24H24BrN2O3S+. The van der Waals surface area contributed by atoms with E-state index in [1.165, 1.54) is 4.90 Å². The van der Waals surface area contributed by atoms with Crippen LogP contribution in [0.5, 0.6) is 0 Å². The molecule has 0 saturated heterocycles. The Bertz CT molecular complexity index is 1150. The van der Waals surface area contributed by atoms with E-state index in [0.29, 0.717) is 13.1 Å². The minimum atomic E-state index is -0.793. The first-order valence-electron chi connectivity index (χ1n) is 10.0. The summed E-state index contributed by atoms with van der Waals surface area (Å²) >= 11 is 5.22. The maximum atomic E-state index is 9.84. The van der Waals surface area contributed by atoms with Gasteiger partial charge in [-0.2, -0.15) is 4.57 Å². The molecule has 0 amide bonds. The topological polar surface area (TPSA) is 67.8 Å². The lowest BCUT2D eigenvalue weighted by molar-refractivity contribution is -0.678. The summed E-state index contributed by atoms with van der Waals surface area (Å²) in [7, 11) is 0. The Kier molecular flexibility index (Phi) is 7.09. The molecule has 2 aromatic carbocycles. The number of nitrogens with zero attached hydrogens (tertiary/aromatic N) is 2. The number of hydrogen-bond donors (Lipinski definition) is 3. The maximum Gasteiger partial charge on any atom is 0.213 e. The number of fused-ring (bicyclic) bond motifs is 2. The highest BCUT2D eigenvalue weighted by Crippen LogP contribution is 2.46. The molecule has 1 aliphatic rings. The molecule has 0 spiro atoms. The van der Waals surface area contributed by atoms with Crippen molar-refractivity contribution in [2.75, 3.05) is 24.7 Å². The van der Waals surface area contributed by atoms with Gasteiger partial charge in [0.05, 0.1) is 29.3 Å². The SMILES string of the molecule is OCCN1/C(=C/C=C/c2cc[n+](CC(O)CO)c3ccccc23)Sc2ccc(Br)cc21. The predicted octanol–water partition coefficient (Wildman–Crippen LogP) is 3.70.